The van der Waals surface area contributed by atoms with Gasteiger partial charge in [0.05, 0.1) is 14.2 Å². The summed E-state index contributed by atoms with van der Waals surface area (Å²) in [7, 11) is 3.23. The van der Waals surface area contributed by atoms with Crippen LogP contribution in [0.4, 0.5) is 0 Å². The van der Waals surface area contributed by atoms with E-state index in [1.54, 1.807) is 20.3 Å². The average Bonchev–Trinajstić information content (AvgIpc) is 2.94. The molecule has 0 radical (unpaired) electrons. The molecule has 0 amide bonds. The van der Waals surface area contributed by atoms with Gasteiger partial charge in [-0.3, -0.25) is 4.79 Å². The first kappa shape index (κ1) is 15.9. The van der Waals surface area contributed by atoms with Gasteiger partial charge >= 0.3 is 0 Å². The van der Waals surface area contributed by atoms with E-state index in [0.29, 0.717) is 23.0 Å². The summed E-state index contributed by atoms with van der Waals surface area (Å²) in [6.07, 6.45) is 5.28. The van der Waals surface area contributed by atoms with E-state index in [1.807, 2.05) is 12.1 Å². The van der Waals surface area contributed by atoms with E-state index in [9.17, 15) is 4.79 Å². The van der Waals surface area contributed by atoms with Gasteiger partial charge < -0.3 is 9.47 Å². The molecule has 1 aliphatic rings. The highest BCUT2D eigenvalue weighted by molar-refractivity contribution is 6.01. The molecule has 3 nitrogen and oxygen atoms in total. The van der Waals surface area contributed by atoms with Crippen LogP contribution in [-0.2, 0) is 0 Å². The Labute approximate surface area is 127 Å². The highest BCUT2D eigenvalue weighted by atomic mass is 16.5. The van der Waals surface area contributed by atoms with Crippen molar-refractivity contribution in [2.75, 3.05) is 14.2 Å². The second kappa shape index (κ2) is 6.50. The fraction of sp³-hybridized carbons (Fsp3) is 0.611. The molecule has 0 atom stereocenters. The van der Waals surface area contributed by atoms with Gasteiger partial charge in [0, 0.05) is 17.0 Å². The number of carbonyl (C=O) groups excluding carboxylic acids is 1. The SMILES string of the molecule is COc1cc(OC)cc(C(=O)C2(CC(C)C)CCCC2)c1. The van der Waals surface area contributed by atoms with Gasteiger partial charge in [-0.25, -0.2) is 0 Å². The van der Waals surface area contributed by atoms with Crippen molar-refractivity contribution in [1.82, 2.24) is 0 Å². The molecule has 21 heavy (non-hydrogen) atoms. The van der Waals surface area contributed by atoms with Gasteiger partial charge in [-0.05, 0) is 37.3 Å². The highest BCUT2D eigenvalue weighted by Crippen LogP contribution is 2.46. The van der Waals surface area contributed by atoms with Crippen molar-refractivity contribution in [3.63, 3.8) is 0 Å². The van der Waals surface area contributed by atoms with Crippen molar-refractivity contribution in [3.05, 3.63) is 23.8 Å². The topological polar surface area (TPSA) is 35.5 Å². The summed E-state index contributed by atoms with van der Waals surface area (Å²) in [5, 5.41) is 0. The first-order valence-corrected chi connectivity index (χ1v) is 7.78. The Morgan fingerprint density at radius 1 is 1.10 bits per heavy atom. The Morgan fingerprint density at radius 2 is 1.62 bits per heavy atom. The lowest BCUT2D eigenvalue weighted by Crippen LogP contribution is -2.30. The fourth-order valence-corrected chi connectivity index (χ4v) is 3.60. The van der Waals surface area contributed by atoms with Crippen LogP contribution in [0.1, 0.15) is 56.3 Å². The fourth-order valence-electron chi connectivity index (χ4n) is 3.60. The van der Waals surface area contributed by atoms with Crippen molar-refractivity contribution < 1.29 is 14.3 Å². The third-order valence-corrected chi connectivity index (χ3v) is 4.45. The molecule has 2 rings (SSSR count). The van der Waals surface area contributed by atoms with Gasteiger partial charge in [-0.2, -0.15) is 0 Å². The van der Waals surface area contributed by atoms with E-state index >= 15 is 0 Å². The van der Waals surface area contributed by atoms with Crippen LogP contribution in [0.15, 0.2) is 18.2 Å². The summed E-state index contributed by atoms with van der Waals surface area (Å²) in [5.74, 6) is 2.14. The highest BCUT2D eigenvalue weighted by Gasteiger charge is 2.41. The molecule has 1 aromatic rings. The zero-order chi connectivity index (χ0) is 15.5. The Balaban J connectivity index is 2.36. The molecule has 1 saturated carbocycles. The minimum absolute atomic E-state index is 0.189. The number of hydrogen-bond acceptors (Lipinski definition) is 3. The summed E-state index contributed by atoms with van der Waals surface area (Å²) in [6, 6.07) is 5.48. The van der Waals surface area contributed by atoms with Crippen LogP contribution in [0.5, 0.6) is 11.5 Å². The van der Waals surface area contributed by atoms with Crippen LogP contribution < -0.4 is 9.47 Å². The first-order chi connectivity index (χ1) is 10.0. The molecule has 0 N–H and O–H groups in total. The third-order valence-electron chi connectivity index (χ3n) is 4.45. The van der Waals surface area contributed by atoms with E-state index in [1.165, 1.54) is 0 Å². The lowest BCUT2D eigenvalue weighted by Gasteiger charge is -2.29. The number of hydrogen-bond donors (Lipinski definition) is 0. The minimum Gasteiger partial charge on any atom is -0.497 e. The third kappa shape index (κ3) is 3.39. The average molecular weight is 290 g/mol. The van der Waals surface area contributed by atoms with Gasteiger partial charge in [0.25, 0.3) is 0 Å². The second-order valence-corrected chi connectivity index (χ2v) is 6.52. The molecule has 1 aromatic carbocycles. The molecular weight excluding hydrogens is 264 g/mol. The van der Waals surface area contributed by atoms with E-state index in [0.717, 1.165) is 32.1 Å². The molecule has 0 spiro atoms. The minimum atomic E-state index is -0.189. The molecule has 0 saturated heterocycles. The number of Topliss-reactive ketones (excluding diaryl/α,β-unsaturated/α-hetero) is 1. The standard InChI is InChI=1S/C18H26O3/c1-13(2)12-18(7-5-6-8-18)17(19)14-9-15(20-3)11-16(10-14)21-4/h9-11,13H,5-8,12H2,1-4H3. The van der Waals surface area contributed by atoms with Gasteiger partial charge in [0.15, 0.2) is 5.78 Å². The van der Waals surface area contributed by atoms with Crippen molar-refractivity contribution >= 4 is 5.78 Å². The number of methoxy groups -OCH3 is 2. The Morgan fingerprint density at radius 3 is 2.05 bits per heavy atom. The summed E-state index contributed by atoms with van der Waals surface area (Å²) < 4.78 is 10.6. The van der Waals surface area contributed by atoms with Gasteiger partial charge in [-0.15, -0.1) is 0 Å². The van der Waals surface area contributed by atoms with E-state index in [2.05, 4.69) is 13.8 Å². The van der Waals surface area contributed by atoms with E-state index in [-0.39, 0.29) is 11.2 Å². The number of carbonyl (C=O) groups is 1. The molecule has 116 valence electrons. The molecule has 3 heteroatoms. The molecule has 0 heterocycles. The zero-order valence-electron chi connectivity index (χ0n) is 13.6. The zero-order valence-corrected chi connectivity index (χ0v) is 13.6. The first-order valence-electron chi connectivity index (χ1n) is 7.78. The summed E-state index contributed by atoms with van der Waals surface area (Å²) in [6.45, 7) is 4.39. The van der Waals surface area contributed by atoms with E-state index in [4.69, 9.17) is 9.47 Å². The normalized spacial score (nSPS) is 17.0. The summed E-state index contributed by atoms with van der Waals surface area (Å²) in [4.78, 5) is 13.1. The quantitative estimate of drug-likeness (QED) is 0.724. The summed E-state index contributed by atoms with van der Waals surface area (Å²) >= 11 is 0. The molecule has 0 aromatic heterocycles. The maximum absolute atomic E-state index is 13.1. The Bertz CT molecular complexity index is 477. The van der Waals surface area contributed by atoms with Crippen LogP contribution in [0.2, 0.25) is 0 Å². The number of ketones is 1. The van der Waals surface area contributed by atoms with Crippen LogP contribution >= 0.6 is 0 Å². The smallest absolute Gasteiger partial charge is 0.169 e. The monoisotopic (exact) mass is 290 g/mol. The van der Waals surface area contributed by atoms with Crippen LogP contribution in [-0.4, -0.2) is 20.0 Å². The maximum Gasteiger partial charge on any atom is 0.169 e. The van der Waals surface area contributed by atoms with Gasteiger partial charge in [-0.1, -0.05) is 26.7 Å². The molecule has 0 bridgehead atoms. The predicted octanol–water partition coefficient (Wildman–Crippen LogP) is 4.49. The lowest BCUT2D eigenvalue weighted by molar-refractivity contribution is 0.0759. The largest absolute Gasteiger partial charge is 0.497 e. The maximum atomic E-state index is 13.1. The van der Waals surface area contributed by atoms with Gasteiger partial charge in [0.2, 0.25) is 0 Å². The van der Waals surface area contributed by atoms with Crippen molar-refractivity contribution in [2.24, 2.45) is 11.3 Å². The summed E-state index contributed by atoms with van der Waals surface area (Å²) in [5.41, 5.74) is 0.527. The molecule has 1 fully saturated rings. The van der Waals surface area contributed by atoms with Crippen molar-refractivity contribution in [1.29, 1.82) is 0 Å². The van der Waals surface area contributed by atoms with Gasteiger partial charge in [0.1, 0.15) is 11.5 Å². The molecule has 0 unspecified atom stereocenters. The molecule has 1 aliphatic carbocycles. The number of benzene rings is 1. The second-order valence-electron chi connectivity index (χ2n) is 6.52. The predicted molar refractivity (Wildman–Crippen MR) is 84.2 cm³/mol. The molecular formula is C18H26O3. The Hall–Kier alpha value is -1.51. The number of ether oxygens (including phenoxy) is 2. The van der Waals surface area contributed by atoms with Crippen molar-refractivity contribution in [3.8, 4) is 11.5 Å². The van der Waals surface area contributed by atoms with Crippen molar-refractivity contribution in [2.45, 2.75) is 46.0 Å². The lowest BCUT2D eigenvalue weighted by atomic mass is 9.73. The van der Waals surface area contributed by atoms with Crippen LogP contribution in [0, 0.1) is 11.3 Å². The van der Waals surface area contributed by atoms with Crippen LogP contribution in [0.25, 0.3) is 0 Å². The molecule has 0 aliphatic heterocycles. The van der Waals surface area contributed by atoms with E-state index < -0.39 is 0 Å². The van der Waals surface area contributed by atoms with Crippen LogP contribution in [0.3, 0.4) is 0 Å². The Kier molecular flexibility index (Phi) is 4.92. The number of rotatable bonds is 6.